The number of nitrogen functional groups attached to an aromatic ring is 1. The van der Waals surface area contributed by atoms with Crippen molar-refractivity contribution in [2.24, 2.45) is 0 Å². The summed E-state index contributed by atoms with van der Waals surface area (Å²) in [6.45, 7) is 1.70. The highest BCUT2D eigenvalue weighted by molar-refractivity contribution is 5.66. The van der Waals surface area contributed by atoms with Gasteiger partial charge in [-0.25, -0.2) is 0 Å². The van der Waals surface area contributed by atoms with Crippen LogP contribution < -0.4 is 11.1 Å². The second kappa shape index (κ2) is 4.42. The molecule has 84 valence electrons. The van der Waals surface area contributed by atoms with Crippen LogP contribution >= 0.6 is 0 Å². The Morgan fingerprint density at radius 3 is 2.60 bits per heavy atom. The van der Waals surface area contributed by atoms with Gasteiger partial charge in [0.05, 0.1) is 17.8 Å². The van der Waals surface area contributed by atoms with E-state index in [4.69, 9.17) is 5.73 Å². The predicted octanol–water partition coefficient (Wildman–Crippen LogP) is 2.94. The highest BCUT2D eigenvalue weighted by atomic mass is 19.4. The van der Waals surface area contributed by atoms with Crippen LogP contribution in [0.2, 0.25) is 0 Å². The first kappa shape index (κ1) is 11.7. The van der Waals surface area contributed by atoms with Gasteiger partial charge in [0, 0.05) is 6.54 Å². The first-order valence-corrected chi connectivity index (χ1v) is 4.55. The van der Waals surface area contributed by atoms with E-state index in [-0.39, 0.29) is 6.54 Å². The number of alkyl halides is 3. The first-order valence-electron chi connectivity index (χ1n) is 4.55. The minimum Gasteiger partial charge on any atom is -0.397 e. The number of anilines is 2. The Kier molecular flexibility index (Phi) is 3.44. The van der Waals surface area contributed by atoms with E-state index in [0.717, 1.165) is 5.56 Å². The average molecular weight is 218 g/mol. The normalized spacial score (nSPS) is 11.5. The number of aryl methyl sites for hydroxylation is 1. The lowest BCUT2D eigenvalue weighted by molar-refractivity contribution is -0.131. The van der Waals surface area contributed by atoms with Gasteiger partial charge in [0.15, 0.2) is 0 Å². The Hall–Kier alpha value is -1.39. The van der Waals surface area contributed by atoms with E-state index in [2.05, 4.69) is 5.32 Å². The maximum absolute atomic E-state index is 11.9. The van der Waals surface area contributed by atoms with Gasteiger partial charge in [-0.2, -0.15) is 13.2 Å². The zero-order valence-corrected chi connectivity index (χ0v) is 8.36. The topological polar surface area (TPSA) is 38.0 Å². The number of nitrogens with one attached hydrogen (secondary N) is 1. The summed E-state index contributed by atoms with van der Waals surface area (Å²) >= 11 is 0. The van der Waals surface area contributed by atoms with Crippen LogP contribution in [-0.4, -0.2) is 12.7 Å². The third-order valence-corrected chi connectivity index (χ3v) is 1.93. The van der Waals surface area contributed by atoms with Crippen LogP contribution in [0, 0.1) is 6.92 Å². The van der Waals surface area contributed by atoms with Gasteiger partial charge >= 0.3 is 6.18 Å². The second-order valence-electron chi connectivity index (χ2n) is 3.38. The number of hydrogen-bond donors (Lipinski definition) is 2. The van der Waals surface area contributed by atoms with Gasteiger partial charge in [-0.05, 0) is 24.6 Å². The smallest absolute Gasteiger partial charge is 0.390 e. The van der Waals surface area contributed by atoms with Crippen LogP contribution in [0.4, 0.5) is 24.5 Å². The van der Waals surface area contributed by atoms with Gasteiger partial charge in [-0.3, -0.25) is 0 Å². The summed E-state index contributed by atoms with van der Waals surface area (Å²) in [7, 11) is 0. The lowest BCUT2D eigenvalue weighted by Crippen LogP contribution is -2.15. The number of halogens is 3. The molecule has 15 heavy (non-hydrogen) atoms. The molecule has 1 rings (SSSR count). The molecule has 0 aliphatic rings. The molecule has 0 atom stereocenters. The minimum atomic E-state index is -4.13. The molecule has 5 heteroatoms. The van der Waals surface area contributed by atoms with Crippen LogP contribution in [0.5, 0.6) is 0 Å². The molecule has 1 aromatic rings. The third-order valence-electron chi connectivity index (χ3n) is 1.93. The second-order valence-corrected chi connectivity index (χ2v) is 3.38. The highest BCUT2D eigenvalue weighted by Crippen LogP contribution is 2.22. The Morgan fingerprint density at radius 1 is 1.33 bits per heavy atom. The van der Waals surface area contributed by atoms with Crippen molar-refractivity contribution < 1.29 is 13.2 Å². The fourth-order valence-corrected chi connectivity index (χ4v) is 1.16. The monoisotopic (exact) mass is 218 g/mol. The van der Waals surface area contributed by atoms with E-state index in [1.807, 2.05) is 13.0 Å². The van der Waals surface area contributed by atoms with E-state index >= 15 is 0 Å². The molecule has 2 nitrogen and oxygen atoms in total. The van der Waals surface area contributed by atoms with Crippen molar-refractivity contribution >= 4 is 11.4 Å². The number of nitrogens with two attached hydrogens (primary N) is 1. The van der Waals surface area contributed by atoms with Crippen LogP contribution in [0.1, 0.15) is 12.0 Å². The summed E-state index contributed by atoms with van der Waals surface area (Å²) in [5.41, 5.74) is 7.57. The molecule has 0 unspecified atom stereocenters. The number of hydrogen-bond acceptors (Lipinski definition) is 2. The fraction of sp³-hybridized carbons (Fsp3) is 0.400. The zero-order chi connectivity index (χ0) is 11.5. The molecule has 0 heterocycles. The van der Waals surface area contributed by atoms with Crippen molar-refractivity contribution in [1.29, 1.82) is 0 Å². The summed E-state index contributed by atoms with van der Waals surface area (Å²) in [6, 6.07) is 5.21. The highest BCUT2D eigenvalue weighted by Gasteiger charge is 2.26. The standard InChI is InChI=1S/C10H13F3N2/c1-7-2-3-8(14)9(6-7)15-5-4-10(11,12)13/h2-3,6,15H,4-5,14H2,1H3. The summed E-state index contributed by atoms with van der Waals surface area (Å²) in [5, 5.41) is 2.67. The van der Waals surface area contributed by atoms with Crippen LogP contribution in [0.3, 0.4) is 0 Å². The summed E-state index contributed by atoms with van der Waals surface area (Å²) in [4.78, 5) is 0. The quantitative estimate of drug-likeness (QED) is 0.765. The number of rotatable bonds is 3. The molecule has 0 aromatic heterocycles. The average Bonchev–Trinajstić information content (AvgIpc) is 2.09. The Bertz CT molecular complexity index is 334. The van der Waals surface area contributed by atoms with E-state index in [1.165, 1.54) is 0 Å². The van der Waals surface area contributed by atoms with Crippen molar-refractivity contribution in [2.75, 3.05) is 17.6 Å². The zero-order valence-electron chi connectivity index (χ0n) is 8.36. The first-order chi connectivity index (χ1) is 6.88. The molecule has 0 fully saturated rings. The Labute approximate surface area is 86.3 Å². The van der Waals surface area contributed by atoms with Crippen LogP contribution in [0.15, 0.2) is 18.2 Å². The third kappa shape index (κ3) is 4.10. The molecule has 0 aliphatic heterocycles. The molecule has 0 saturated heterocycles. The summed E-state index contributed by atoms with van der Waals surface area (Å²) in [6.07, 6.45) is -4.99. The lowest BCUT2D eigenvalue weighted by atomic mass is 10.2. The van der Waals surface area contributed by atoms with Gasteiger partial charge in [0.1, 0.15) is 0 Å². The minimum absolute atomic E-state index is 0.156. The molecular formula is C10H13F3N2. The van der Waals surface area contributed by atoms with Crippen molar-refractivity contribution in [3.05, 3.63) is 23.8 Å². The van der Waals surface area contributed by atoms with E-state index in [9.17, 15) is 13.2 Å². The maximum Gasteiger partial charge on any atom is 0.390 e. The molecule has 0 bridgehead atoms. The molecule has 1 aromatic carbocycles. The molecule has 0 saturated carbocycles. The van der Waals surface area contributed by atoms with Gasteiger partial charge in [0.25, 0.3) is 0 Å². The largest absolute Gasteiger partial charge is 0.397 e. The fourth-order valence-electron chi connectivity index (χ4n) is 1.16. The van der Waals surface area contributed by atoms with Crippen molar-refractivity contribution in [1.82, 2.24) is 0 Å². The lowest BCUT2D eigenvalue weighted by Gasteiger charge is -2.11. The molecule has 0 amide bonds. The van der Waals surface area contributed by atoms with Gasteiger partial charge < -0.3 is 11.1 Å². The summed E-state index contributed by atoms with van der Waals surface area (Å²) in [5.74, 6) is 0. The van der Waals surface area contributed by atoms with E-state index < -0.39 is 12.6 Å². The van der Waals surface area contributed by atoms with Crippen LogP contribution in [0.25, 0.3) is 0 Å². The molecule has 3 N–H and O–H groups in total. The van der Waals surface area contributed by atoms with Crippen LogP contribution in [-0.2, 0) is 0 Å². The van der Waals surface area contributed by atoms with Crippen molar-refractivity contribution in [3.8, 4) is 0 Å². The SMILES string of the molecule is Cc1ccc(N)c(NCCC(F)(F)F)c1. The van der Waals surface area contributed by atoms with Gasteiger partial charge in [0.2, 0.25) is 0 Å². The molecule has 0 radical (unpaired) electrons. The van der Waals surface area contributed by atoms with Gasteiger partial charge in [-0.15, -0.1) is 0 Å². The summed E-state index contributed by atoms with van der Waals surface area (Å²) < 4.78 is 35.6. The van der Waals surface area contributed by atoms with E-state index in [0.29, 0.717) is 11.4 Å². The Balaban J connectivity index is 2.54. The molecule has 0 spiro atoms. The molecule has 0 aliphatic carbocycles. The molecular weight excluding hydrogens is 205 g/mol. The van der Waals surface area contributed by atoms with Crippen molar-refractivity contribution in [3.63, 3.8) is 0 Å². The maximum atomic E-state index is 11.9. The van der Waals surface area contributed by atoms with E-state index in [1.54, 1.807) is 12.1 Å². The van der Waals surface area contributed by atoms with Gasteiger partial charge in [-0.1, -0.05) is 6.07 Å². The predicted molar refractivity (Wildman–Crippen MR) is 54.8 cm³/mol. The Morgan fingerprint density at radius 2 is 2.00 bits per heavy atom. The number of benzene rings is 1. The van der Waals surface area contributed by atoms with Crippen molar-refractivity contribution in [2.45, 2.75) is 19.5 Å².